The molecule has 0 bridgehead atoms. The molecule has 0 spiro atoms. The van der Waals surface area contributed by atoms with E-state index in [1.54, 1.807) is 0 Å². The van der Waals surface area contributed by atoms with E-state index in [4.69, 9.17) is 5.11 Å². The highest BCUT2D eigenvalue weighted by Gasteiger charge is 2.36. The summed E-state index contributed by atoms with van der Waals surface area (Å²) < 4.78 is 37.5. The van der Waals surface area contributed by atoms with Gasteiger partial charge in [-0.2, -0.15) is 18.3 Å². The Bertz CT molecular complexity index is 522. The number of carbonyl (C=O) groups is 2. The molecule has 0 aliphatic carbocycles. The van der Waals surface area contributed by atoms with Crippen molar-refractivity contribution in [3.05, 3.63) is 23.9 Å². The molecule has 1 N–H and O–H groups in total. The van der Waals surface area contributed by atoms with Gasteiger partial charge in [-0.05, 0) is 12.2 Å². The minimum absolute atomic E-state index is 0.0915. The third kappa shape index (κ3) is 2.75. The minimum atomic E-state index is -4.51. The molecule has 2 rings (SSSR count). The Morgan fingerprint density at radius 1 is 1.42 bits per heavy atom. The molecule has 102 valence electrons. The summed E-state index contributed by atoms with van der Waals surface area (Å²) in [6, 6.07) is 0. The number of carboxylic acid groups (broad SMARTS) is 1. The zero-order chi connectivity index (χ0) is 14.2. The molecule has 6 nitrogen and oxygen atoms in total. The maximum Gasteiger partial charge on any atom is 0.417 e. The van der Waals surface area contributed by atoms with Gasteiger partial charge in [-0.3, -0.25) is 9.59 Å². The zero-order valence-electron chi connectivity index (χ0n) is 9.39. The molecule has 0 aromatic heterocycles. The second kappa shape index (κ2) is 4.41. The van der Waals surface area contributed by atoms with Crippen molar-refractivity contribution in [2.75, 3.05) is 13.1 Å². The molecule has 0 atom stereocenters. The highest BCUT2D eigenvalue weighted by molar-refractivity contribution is 6.01. The number of aliphatic carboxylic acids is 1. The second-order valence-corrected chi connectivity index (χ2v) is 3.85. The van der Waals surface area contributed by atoms with E-state index in [1.807, 2.05) is 0 Å². The van der Waals surface area contributed by atoms with E-state index >= 15 is 0 Å². The quantitative estimate of drug-likeness (QED) is 0.798. The van der Waals surface area contributed by atoms with Gasteiger partial charge in [0.15, 0.2) is 5.84 Å². The lowest BCUT2D eigenvalue weighted by Gasteiger charge is -2.31. The van der Waals surface area contributed by atoms with Crippen molar-refractivity contribution >= 4 is 17.7 Å². The lowest BCUT2D eigenvalue weighted by Crippen LogP contribution is -2.47. The van der Waals surface area contributed by atoms with Crippen LogP contribution in [0.3, 0.4) is 0 Å². The summed E-state index contributed by atoms with van der Waals surface area (Å²) >= 11 is 0. The first-order valence-electron chi connectivity index (χ1n) is 5.12. The fourth-order valence-electron chi connectivity index (χ4n) is 1.58. The predicted octanol–water partition coefficient (Wildman–Crippen LogP) is 0.545. The Morgan fingerprint density at radius 2 is 2.11 bits per heavy atom. The van der Waals surface area contributed by atoms with Gasteiger partial charge in [0.2, 0.25) is 0 Å². The number of halogens is 3. The van der Waals surface area contributed by atoms with Crippen molar-refractivity contribution < 1.29 is 27.9 Å². The Kier molecular flexibility index (Phi) is 3.05. The molecule has 0 fully saturated rings. The van der Waals surface area contributed by atoms with Gasteiger partial charge in [-0.1, -0.05) is 0 Å². The zero-order valence-corrected chi connectivity index (χ0v) is 9.39. The molecule has 2 heterocycles. The lowest BCUT2D eigenvalue weighted by atomic mass is 10.2. The van der Waals surface area contributed by atoms with E-state index < -0.39 is 30.2 Å². The number of amidine groups is 1. The third-order valence-electron chi connectivity index (χ3n) is 2.43. The topological polar surface area (TPSA) is 73.2 Å². The van der Waals surface area contributed by atoms with Gasteiger partial charge in [0.05, 0.1) is 5.57 Å². The number of hydrazone groups is 1. The Labute approximate surface area is 105 Å². The fourth-order valence-corrected chi connectivity index (χ4v) is 1.58. The smallest absolute Gasteiger partial charge is 0.417 e. The van der Waals surface area contributed by atoms with E-state index in [2.05, 4.69) is 5.10 Å². The van der Waals surface area contributed by atoms with Crippen LogP contribution in [0.4, 0.5) is 13.2 Å². The van der Waals surface area contributed by atoms with Gasteiger partial charge in [0.25, 0.3) is 5.91 Å². The maximum atomic E-state index is 12.5. The molecule has 0 aromatic carbocycles. The van der Waals surface area contributed by atoms with E-state index in [0.29, 0.717) is 5.01 Å². The summed E-state index contributed by atoms with van der Waals surface area (Å²) in [6.45, 7) is -1.00. The van der Waals surface area contributed by atoms with Crippen molar-refractivity contribution in [2.24, 2.45) is 5.10 Å². The monoisotopic (exact) mass is 275 g/mol. The first kappa shape index (κ1) is 13.1. The summed E-state index contributed by atoms with van der Waals surface area (Å²) in [5.41, 5.74) is -0.897. The fraction of sp³-hybridized carbons (Fsp3) is 0.300. The van der Waals surface area contributed by atoms with Crippen molar-refractivity contribution in [1.29, 1.82) is 0 Å². The van der Waals surface area contributed by atoms with Crippen molar-refractivity contribution in [3.63, 3.8) is 0 Å². The highest BCUT2D eigenvalue weighted by Crippen LogP contribution is 2.29. The van der Waals surface area contributed by atoms with Gasteiger partial charge >= 0.3 is 12.1 Å². The molecular formula is C10H8F3N3O3. The molecule has 0 saturated carbocycles. The Balaban J connectivity index is 2.25. The van der Waals surface area contributed by atoms with Crippen molar-refractivity contribution in [1.82, 2.24) is 9.91 Å². The first-order valence-corrected chi connectivity index (χ1v) is 5.12. The van der Waals surface area contributed by atoms with E-state index in [0.717, 1.165) is 23.3 Å². The van der Waals surface area contributed by atoms with Gasteiger partial charge < -0.3 is 10.0 Å². The SMILES string of the molecule is O=C(O)CN1N=C2C=CC(C(F)(F)F)=CN2CC1=O. The third-order valence-corrected chi connectivity index (χ3v) is 2.43. The van der Waals surface area contributed by atoms with Gasteiger partial charge in [0.1, 0.15) is 13.1 Å². The predicted molar refractivity (Wildman–Crippen MR) is 56.8 cm³/mol. The summed E-state index contributed by atoms with van der Waals surface area (Å²) in [5.74, 6) is -1.84. The second-order valence-electron chi connectivity index (χ2n) is 3.85. The van der Waals surface area contributed by atoms with E-state index in [9.17, 15) is 22.8 Å². The van der Waals surface area contributed by atoms with Crippen LogP contribution in [0.1, 0.15) is 0 Å². The Hall–Kier alpha value is -2.32. The van der Waals surface area contributed by atoms with Gasteiger partial charge in [-0.15, -0.1) is 0 Å². The molecule has 2 aliphatic rings. The van der Waals surface area contributed by atoms with Crippen LogP contribution in [0.2, 0.25) is 0 Å². The number of allylic oxidation sites excluding steroid dienone is 2. The summed E-state index contributed by atoms with van der Waals surface area (Å²) in [6.07, 6.45) is -1.83. The summed E-state index contributed by atoms with van der Waals surface area (Å²) in [4.78, 5) is 23.1. The van der Waals surface area contributed by atoms with Crippen molar-refractivity contribution in [2.45, 2.75) is 6.18 Å². The van der Waals surface area contributed by atoms with Crippen LogP contribution in [0.25, 0.3) is 0 Å². The first-order chi connectivity index (χ1) is 8.77. The molecule has 0 radical (unpaired) electrons. The lowest BCUT2D eigenvalue weighted by molar-refractivity contribution is -0.145. The van der Waals surface area contributed by atoms with Crippen LogP contribution in [0.15, 0.2) is 29.0 Å². The van der Waals surface area contributed by atoms with Crippen LogP contribution < -0.4 is 0 Å². The van der Waals surface area contributed by atoms with Crippen LogP contribution >= 0.6 is 0 Å². The summed E-state index contributed by atoms with van der Waals surface area (Å²) in [7, 11) is 0. The minimum Gasteiger partial charge on any atom is -0.480 e. The average molecular weight is 275 g/mol. The van der Waals surface area contributed by atoms with Crippen LogP contribution in [-0.2, 0) is 9.59 Å². The number of fused-ring (bicyclic) bond motifs is 1. The molecule has 0 aromatic rings. The number of rotatable bonds is 2. The molecular weight excluding hydrogens is 267 g/mol. The molecule has 0 unspecified atom stereocenters. The molecule has 0 saturated heterocycles. The van der Waals surface area contributed by atoms with Crippen LogP contribution in [-0.4, -0.2) is 52.0 Å². The number of nitrogens with zero attached hydrogens (tertiary/aromatic N) is 3. The largest absolute Gasteiger partial charge is 0.480 e. The normalized spacial score (nSPS) is 19.0. The molecule has 19 heavy (non-hydrogen) atoms. The number of hydrogen-bond acceptors (Lipinski definition) is 4. The highest BCUT2D eigenvalue weighted by atomic mass is 19.4. The number of alkyl halides is 3. The standard InChI is InChI=1S/C10H8F3N3O3/c11-10(12,13)6-1-2-7-14-16(5-9(18)19)8(17)4-15(7)3-6/h1-3H,4-5H2,(H,18,19). The Morgan fingerprint density at radius 3 is 2.68 bits per heavy atom. The van der Waals surface area contributed by atoms with Crippen LogP contribution in [0.5, 0.6) is 0 Å². The number of carboxylic acids is 1. The molecule has 2 aliphatic heterocycles. The maximum absolute atomic E-state index is 12.5. The average Bonchev–Trinajstić information content (AvgIpc) is 2.27. The van der Waals surface area contributed by atoms with Crippen LogP contribution in [0, 0.1) is 0 Å². The summed E-state index contributed by atoms with van der Waals surface area (Å²) in [5, 5.41) is 13.0. The van der Waals surface area contributed by atoms with Gasteiger partial charge in [-0.25, -0.2) is 5.01 Å². The number of hydrogen-bond donors (Lipinski definition) is 1. The number of carbonyl (C=O) groups excluding carboxylic acids is 1. The van der Waals surface area contributed by atoms with Gasteiger partial charge in [0, 0.05) is 6.20 Å². The molecule has 9 heteroatoms. The van der Waals surface area contributed by atoms with E-state index in [1.165, 1.54) is 0 Å². The molecule has 1 amide bonds. The van der Waals surface area contributed by atoms with E-state index in [-0.39, 0.29) is 12.4 Å². The number of amides is 1. The van der Waals surface area contributed by atoms with Crippen molar-refractivity contribution in [3.8, 4) is 0 Å².